The fraction of sp³-hybridized carbons (Fsp3) is 0.889. The van der Waals surface area contributed by atoms with Gasteiger partial charge >= 0.3 is 6.18 Å². The number of ether oxygens (including phenoxy) is 1. The Bertz CT molecular complexity index is 247. The zero-order valence-corrected chi connectivity index (χ0v) is 9.66. The van der Waals surface area contributed by atoms with Gasteiger partial charge in [-0.1, -0.05) is 0 Å². The minimum absolute atomic E-state index is 0.0500. The van der Waals surface area contributed by atoms with E-state index in [9.17, 15) is 18.0 Å². The summed E-state index contributed by atoms with van der Waals surface area (Å²) in [5, 5.41) is 2.04. The smallest absolute Gasteiger partial charge is 0.377 e. The van der Waals surface area contributed by atoms with Crippen molar-refractivity contribution >= 4 is 17.7 Å². The average molecular weight is 257 g/mol. The first kappa shape index (κ1) is 13.6. The summed E-state index contributed by atoms with van der Waals surface area (Å²) < 4.78 is 40.6. The van der Waals surface area contributed by atoms with Gasteiger partial charge in [-0.15, -0.1) is 11.8 Å². The normalized spacial score (nSPS) is 25.8. The quantitative estimate of drug-likeness (QED) is 0.831. The van der Waals surface area contributed by atoms with Crippen molar-refractivity contribution in [1.82, 2.24) is 5.32 Å². The van der Waals surface area contributed by atoms with E-state index in [1.165, 1.54) is 11.8 Å². The number of carbonyl (C=O) groups is 1. The highest BCUT2D eigenvalue weighted by atomic mass is 32.2. The minimum atomic E-state index is -4.34. The van der Waals surface area contributed by atoms with Gasteiger partial charge in [0, 0.05) is 11.9 Å². The number of carbonyl (C=O) groups excluding carboxylic acids is 1. The second-order valence-electron chi connectivity index (χ2n) is 3.61. The molecule has 0 aliphatic carbocycles. The third-order valence-electron chi connectivity index (χ3n) is 2.22. The molecule has 1 fully saturated rings. The van der Waals surface area contributed by atoms with Gasteiger partial charge in [0.15, 0.2) is 0 Å². The molecule has 1 N–H and O–H groups in total. The molecule has 1 rings (SSSR count). The number of rotatable bonds is 4. The van der Waals surface area contributed by atoms with Crippen LogP contribution in [-0.4, -0.2) is 42.3 Å². The van der Waals surface area contributed by atoms with E-state index in [0.717, 1.165) is 6.42 Å². The van der Waals surface area contributed by atoms with Gasteiger partial charge in [-0.25, -0.2) is 0 Å². The summed E-state index contributed by atoms with van der Waals surface area (Å²) >= 11 is 1.35. The van der Waals surface area contributed by atoms with Gasteiger partial charge in [-0.2, -0.15) is 13.2 Å². The summed E-state index contributed by atoms with van der Waals surface area (Å²) in [5.41, 5.74) is 0. The molecule has 0 bridgehead atoms. The molecule has 0 aromatic heterocycles. The summed E-state index contributed by atoms with van der Waals surface area (Å²) in [6.45, 7) is 1.30. The molecule has 0 spiro atoms. The first-order chi connectivity index (χ1) is 7.38. The van der Waals surface area contributed by atoms with E-state index >= 15 is 0 Å². The molecular formula is C9H14F3NO2S. The third-order valence-corrected chi connectivity index (χ3v) is 3.70. The summed E-state index contributed by atoms with van der Waals surface area (Å²) in [7, 11) is 0. The zero-order chi connectivity index (χ0) is 12.2. The van der Waals surface area contributed by atoms with Crippen molar-refractivity contribution in [1.29, 1.82) is 0 Å². The Morgan fingerprint density at radius 2 is 2.25 bits per heavy atom. The van der Waals surface area contributed by atoms with Crippen LogP contribution in [0.25, 0.3) is 0 Å². The lowest BCUT2D eigenvalue weighted by atomic mass is 10.3. The minimum Gasteiger partial charge on any atom is -0.377 e. The average Bonchev–Trinajstić information content (AvgIpc) is 2.57. The maximum absolute atomic E-state index is 11.8. The van der Waals surface area contributed by atoms with Crippen molar-refractivity contribution in [3.8, 4) is 0 Å². The van der Waals surface area contributed by atoms with Crippen LogP contribution in [0.4, 0.5) is 13.2 Å². The second kappa shape index (κ2) is 5.77. The third kappa shape index (κ3) is 5.07. The van der Waals surface area contributed by atoms with Crippen LogP contribution in [0, 0.1) is 0 Å². The van der Waals surface area contributed by atoms with E-state index in [0.29, 0.717) is 6.61 Å². The summed E-state index contributed by atoms with van der Waals surface area (Å²) in [4.78, 5) is 11.1. The lowest BCUT2D eigenvalue weighted by Gasteiger charge is -2.13. The van der Waals surface area contributed by atoms with Gasteiger partial charge in [0.2, 0.25) is 5.91 Å². The highest BCUT2D eigenvalue weighted by Crippen LogP contribution is 2.25. The van der Waals surface area contributed by atoms with Gasteiger partial charge in [0.25, 0.3) is 0 Å². The standard InChI is InChI=1S/C9H14F3NO2S/c1-6-7(2-3-15-6)16-4-8(14)13-5-9(10,11)12/h6-7H,2-5H2,1H3,(H,13,14)/t6-,7-/m1/s1. The van der Waals surface area contributed by atoms with Crippen molar-refractivity contribution in [2.75, 3.05) is 18.9 Å². The second-order valence-corrected chi connectivity index (χ2v) is 4.83. The topological polar surface area (TPSA) is 38.3 Å². The fourth-order valence-electron chi connectivity index (χ4n) is 1.36. The predicted molar refractivity (Wildman–Crippen MR) is 55.3 cm³/mol. The number of amides is 1. The lowest BCUT2D eigenvalue weighted by molar-refractivity contribution is -0.136. The van der Waals surface area contributed by atoms with Crippen molar-refractivity contribution in [3.63, 3.8) is 0 Å². The van der Waals surface area contributed by atoms with Crippen LogP contribution in [0.15, 0.2) is 0 Å². The van der Waals surface area contributed by atoms with Gasteiger partial charge < -0.3 is 10.1 Å². The van der Waals surface area contributed by atoms with E-state index in [-0.39, 0.29) is 17.1 Å². The fourth-order valence-corrected chi connectivity index (χ4v) is 2.44. The molecule has 7 heteroatoms. The SMILES string of the molecule is C[C@H]1OCC[C@H]1SCC(=O)NCC(F)(F)F. The number of nitrogens with one attached hydrogen (secondary N) is 1. The molecular weight excluding hydrogens is 243 g/mol. The maximum Gasteiger partial charge on any atom is 0.405 e. The molecule has 2 atom stereocenters. The first-order valence-electron chi connectivity index (χ1n) is 4.95. The molecule has 0 radical (unpaired) electrons. The number of hydrogen-bond acceptors (Lipinski definition) is 3. The monoisotopic (exact) mass is 257 g/mol. The van der Waals surface area contributed by atoms with Crippen LogP contribution in [-0.2, 0) is 9.53 Å². The summed E-state index contributed by atoms with van der Waals surface area (Å²) in [6, 6.07) is 0. The Morgan fingerprint density at radius 3 is 2.75 bits per heavy atom. The molecule has 94 valence electrons. The van der Waals surface area contributed by atoms with Gasteiger partial charge in [-0.05, 0) is 13.3 Å². The number of alkyl halides is 3. The Hall–Kier alpha value is -0.430. The molecule has 0 aromatic carbocycles. The van der Waals surface area contributed by atoms with Crippen LogP contribution in [0.1, 0.15) is 13.3 Å². The number of thioether (sulfide) groups is 1. The molecule has 0 aromatic rings. The molecule has 16 heavy (non-hydrogen) atoms. The van der Waals surface area contributed by atoms with Crippen molar-refractivity contribution < 1.29 is 22.7 Å². The molecule has 1 aliphatic heterocycles. The van der Waals surface area contributed by atoms with Crippen molar-refractivity contribution in [3.05, 3.63) is 0 Å². The maximum atomic E-state index is 11.8. The molecule has 1 aliphatic rings. The van der Waals surface area contributed by atoms with Crippen molar-refractivity contribution in [2.24, 2.45) is 0 Å². The zero-order valence-electron chi connectivity index (χ0n) is 8.84. The van der Waals surface area contributed by atoms with Crippen LogP contribution >= 0.6 is 11.8 Å². The van der Waals surface area contributed by atoms with Crippen LogP contribution in [0.5, 0.6) is 0 Å². The summed E-state index contributed by atoms with van der Waals surface area (Å²) in [6.07, 6.45) is -3.43. The summed E-state index contributed by atoms with van der Waals surface area (Å²) in [5.74, 6) is -0.532. The van der Waals surface area contributed by atoms with E-state index in [2.05, 4.69) is 0 Å². The van der Waals surface area contributed by atoms with E-state index < -0.39 is 18.6 Å². The first-order valence-corrected chi connectivity index (χ1v) is 6.00. The molecule has 0 unspecified atom stereocenters. The highest BCUT2D eigenvalue weighted by molar-refractivity contribution is 8.00. The molecule has 1 heterocycles. The Kier molecular flexibility index (Phi) is 4.91. The molecule has 1 amide bonds. The molecule has 3 nitrogen and oxygen atoms in total. The predicted octanol–water partition coefficient (Wildman–Crippen LogP) is 1.58. The van der Waals surface area contributed by atoms with Crippen molar-refractivity contribution in [2.45, 2.75) is 30.9 Å². The lowest BCUT2D eigenvalue weighted by Crippen LogP contribution is -2.35. The molecule has 1 saturated heterocycles. The number of halogens is 3. The van der Waals surface area contributed by atoms with E-state index in [4.69, 9.17) is 4.74 Å². The Balaban J connectivity index is 2.15. The molecule has 0 saturated carbocycles. The number of hydrogen-bond donors (Lipinski definition) is 1. The van der Waals surface area contributed by atoms with Gasteiger partial charge in [-0.3, -0.25) is 4.79 Å². The van der Waals surface area contributed by atoms with Crippen LogP contribution < -0.4 is 5.32 Å². The Morgan fingerprint density at radius 1 is 1.56 bits per heavy atom. The van der Waals surface area contributed by atoms with Crippen LogP contribution in [0.2, 0.25) is 0 Å². The van der Waals surface area contributed by atoms with E-state index in [1.54, 1.807) is 0 Å². The Labute approximate surface area is 96.1 Å². The van der Waals surface area contributed by atoms with Crippen LogP contribution in [0.3, 0.4) is 0 Å². The largest absolute Gasteiger partial charge is 0.405 e. The van der Waals surface area contributed by atoms with Gasteiger partial charge in [0.1, 0.15) is 6.54 Å². The van der Waals surface area contributed by atoms with Gasteiger partial charge in [0.05, 0.1) is 11.9 Å². The highest BCUT2D eigenvalue weighted by Gasteiger charge is 2.29. The van der Waals surface area contributed by atoms with E-state index in [1.807, 2.05) is 12.2 Å².